The molecule has 2 aliphatic rings. The van der Waals surface area contributed by atoms with Crippen molar-refractivity contribution < 1.29 is 14.6 Å². The van der Waals surface area contributed by atoms with Gasteiger partial charge in [-0.1, -0.05) is 0 Å². The van der Waals surface area contributed by atoms with Crippen LogP contribution in [0.5, 0.6) is 0 Å². The smallest absolute Gasteiger partial charge is 0.166 e. The van der Waals surface area contributed by atoms with Crippen molar-refractivity contribution in [1.82, 2.24) is 0 Å². The zero-order valence-electron chi connectivity index (χ0n) is 7.62. The Morgan fingerprint density at radius 3 is 2.83 bits per heavy atom. The van der Waals surface area contributed by atoms with Crippen LogP contribution in [0, 0.1) is 0 Å². The third-order valence-electron chi connectivity index (χ3n) is 2.75. The minimum atomic E-state index is -0.421. The van der Waals surface area contributed by atoms with Crippen molar-refractivity contribution in [2.24, 2.45) is 0 Å². The van der Waals surface area contributed by atoms with Crippen LogP contribution in [0.15, 0.2) is 0 Å². The fraction of sp³-hybridized carbons (Fsp3) is 1.00. The highest BCUT2D eigenvalue weighted by molar-refractivity contribution is 4.90. The molecule has 2 bridgehead atoms. The normalized spacial score (nSPS) is 49.2. The molecule has 0 aliphatic carbocycles. The van der Waals surface area contributed by atoms with Crippen molar-refractivity contribution in [3.8, 4) is 0 Å². The van der Waals surface area contributed by atoms with E-state index >= 15 is 0 Å². The molecule has 2 fully saturated rings. The lowest BCUT2D eigenvalue weighted by atomic mass is 10.0. The van der Waals surface area contributed by atoms with Crippen LogP contribution in [0.3, 0.4) is 0 Å². The maximum atomic E-state index is 9.41. The summed E-state index contributed by atoms with van der Waals surface area (Å²) in [5.74, 6) is -0.412. The Morgan fingerprint density at radius 2 is 2.25 bits per heavy atom. The molecule has 2 saturated heterocycles. The van der Waals surface area contributed by atoms with Crippen LogP contribution in [-0.4, -0.2) is 29.2 Å². The predicted molar refractivity (Wildman–Crippen MR) is 43.7 cm³/mol. The Balaban J connectivity index is 2.12. The van der Waals surface area contributed by atoms with Crippen molar-refractivity contribution >= 4 is 0 Å². The molecule has 0 aromatic heterocycles. The van der Waals surface area contributed by atoms with Crippen molar-refractivity contribution in [3.05, 3.63) is 0 Å². The molecule has 2 heterocycles. The molecular weight excluding hydrogens is 156 g/mol. The first-order chi connectivity index (χ1) is 5.61. The van der Waals surface area contributed by atoms with Crippen LogP contribution in [-0.2, 0) is 9.47 Å². The minimum absolute atomic E-state index is 0.113. The van der Waals surface area contributed by atoms with Crippen LogP contribution in [0.2, 0.25) is 0 Å². The summed E-state index contributed by atoms with van der Waals surface area (Å²) in [6.45, 7) is 3.72. The van der Waals surface area contributed by atoms with Crippen LogP contribution in [0.25, 0.3) is 0 Å². The van der Waals surface area contributed by atoms with Crippen molar-refractivity contribution in [1.29, 1.82) is 0 Å². The molecular formula is C9H16O3. The number of fused-ring (bicyclic) bond motifs is 2. The van der Waals surface area contributed by atoms with E-state index in [1.54, 1.807) is 6.92 Å². The summed E-state index contributed by atoms with van der Waals surface area (Å²) in [5, 5.41) is 9.41. The number of rotatable bonds is 1. The van der Waals surface area contributed by atoms with Gasteiger partial charge in [0.2, 0.25) is 0 Å². The van der Waals surface area contributed by atoms with E-state index in [0.717, 1.165) is 19.3 Å². The molecule has 70 valence electrons. The third-order valence-corrected chi connectivity index (χ3v) is 2.75. The Bertz CT molecular complexity index is 181. The van der Waals surface area contributed by atoms with Crippen LogP contribution in [0.4, 0.5) is 0 Å². The van der Waals surface area contributed by atoms with Gasteiger partial charge in [0.1, 0.15) is 6.10 Å². The molecule has 0 saturated carbocycles. The van der Waals surface area contributed by atoms with Gasteiger partial charge in [0, 0.05) is 6.42 Å². The van der Waals surface area contributed by atoms with E-state index in [1.807, 2.05) is 6.92 Å². The molecule has 4 atom stereocenters. The fourth-order valence-corrected chi connectivity index (χ4v) is 2.15. The molecule has 3 nitrogen and oxygen atoms in total. The summed E-state index contributed by atoms with van der Waals surface area (Å²) < 4.78 is 11.3. The lowest BCUT2D eigenvalue weighted by Gasteiger charge is -2.26. The quantitative estimate of drug-likeness (QED) is 0.642. The zero-order chi connectivity index (χ0) is 8.77. The second kappa shape index (κ2) is 2.69. The highest BCUT2D eigenvalue weighted by atomic mass is 16.8. The van der Waals surface area contributed by atoms with Gasteiger partial charge >= 0.3 is 0 Å². The number of ether oxygens (including phenoxy) is 2. The molecule has 0 spiro atoms. The first-order valence-electron chi connectivity index (χ1n) is 4.64. The van der Waals surface area contributed by atoms with Crippen LogP contribution in [0.1, 0.15) is 33.1 Å². The van der Waals surface area contributed by atoms with E-state index in [4.69, 9.17) is 9.47 Å². The van der Waals surface area contributed by atoms with E-state index in [9.17, 15) is 5.11 Å². The van der Waals surface area contributed by atoms with Crippen molar-refractivity contribution in [3.63, 3.8) is 0 Å². The van der Waals surface area contributed by atoms with Gasteiger partial charge < -0.3 is 14.6 Å². The van der Waals surface area contributed by atoms with Gasteiger partial charge in [-0.25, -0.2) is 0 Å². The third kappa shape index (κ3) is 1.26. The predicted octanol–water partition coefficient (Wildman–Crippen LogP) is 1.05. The second-order valence-electron chi connectivity index (χ2n) is 4.01. The van der Waals surface area contributed by atoms with Gasteiger partial charge in [0.15, 0.2) is 5.79 Å². The largest absolute Gasteiger partial charge is 0.391 e. The zero-order valence-corrected chi connectivity index (χ0v) is 7.62. The van der Waals surface area contributed by atoms with E-state index < -0.39 is 11.9 Å². The Kier molecular flexibility index (Phi) is 1.90. The van der Waals surface area contributed by atoms with Gasteiger partial charge in [-0.3, -0.25) is 0 Å². The number of hydrogen-bond acceptors (Lipinski definition) is 3. The van der Waals surface area contributed by atoms with Gasteiger partial charge in [-0.05, 0) is 26.7 Å². The van der Waals surface area contributed by atoms with Crippen LogP contribution < -0.4 is 0 Å². The average molecular weight is 172 g/mol. The summed E-state index contributed by atoms with van der Waals surface area (Å²) in [6.07, 6.45) is 2.69. The maximum absolute atomic E-state index is 9.41. The lowest BCUT2D eigenvalue weighted by Crippen LogP contribution is -2.32. The van der Waals surface area contributed by atoms with Crippen molar-refractivity contribution in [2.45, 2.75) is 57.2 Å². The monoisotopic (exact) mass is 172 g/mol. The first-order valence-corrected chi connectivity index (χ1v) is 4.64. The van der Waals surface area contributed by atoms with Crippen LogP contribution >= 0.6 is 0 Å². The Morgan fingerprint density at radius 1 is 1.50 bits per heavy atom. The number of hydrogen-bond donors (Lipinski definition) is 1. The summed E-state index contributed by atoms with van der Waals surface area (Å²) >= 11 is 0. The summed E-state index contributed by atoms with van der Waals surface area (Å²) in [6, 6.07) is 0. The lowest BCUT2D eigenvalue weighted by molar-refractivity contribution is -0.183. The molecule has 0 amide bonds. The highest BCUT2D eigenvalue weighted by Gasteiger charge is 2.48. The molecule has 2 rings (SSSR count). The molecule has 0 aromatic carbocycles. The van der Waals surface area contributed by atoms with Crippen molar-refractivity contribution in [2.75, 3.05) is 0 Å². The topological polar surface area (TPSA) is 38.7 Å². The SMILES string of the molecule is C[C@H](O)C1OC2(C)CCCC1O2. The molecule has 0 aromatic rings. The summed E-state index contributed by atoms with van der Waals surface area (Å²) in [5.41, 5.74) is 0. The van der Waals surface area contributed by atoms with E-state index in [1.165, 1.54) is 0 Å². The minimum Gasteiger partial charge on any atom is -0.391 e. The summed E-state index contributed by atoms with van der Waals surface area (Å²) in [7, 11) is 0. The fourth-order valence-electron chi connectivity index (χ4n) is 2.15. The summed E-state index contributed by atoms with van der Waals surface area (Å²) in [4.78, 5) is 0. The highest BCUT2D eigenvalue weighted by Crippen LogP contribution is 2.40. The van der Waals surface area contributed by atoms with E-state index in [0.29, 0.717) is 0 Å². The van der Waals surface area contributed by atoms with Gasteiger partial charge in [-0.2, -0.15) is 0 Å². The number of aliphatic hydroxyl groups is 1. The average Bonchev–Trinajstić information content (AvgIpc) is 2.22. The van der Waals surface area contributed by atoms with E-state index in [2.05, 4.69) is 0 Å². The molecule has 1 N–H and O–H groups in total. The molecule has 3 heteroatoms. The standard InChI is InChI=1S/C9H16O3/c1-6(10)8-7-4-3-5-9(2,11-7)12-8/h6-8,10H,3-5H2,1-2H3/t6-,7?,8?,9?/m0/s1. The molecule has 3 unspecified atom stereocenters. The van der Waals surface area contributed by atoms with Gasteiger partial charge in [0.05, 0.1) is 12.2 Å². The Labute approximate surface area is 72.7 Å². The molecule has 0 radical (unpaired) electrons. The Hall–Kier alpha value is -0.120. The molecule has 2 aliphatic heterocycles. The maximum Gasteiger partial charge on any atom is 0.166 e. The van der Waals surface area contributed by atoms with E-state index in [-0.39, 0.29) is 12.2 Å². The number of aliphatic hydroxyl groups excluding tert-OH is 1. The van der Waals surface area contributed by atoms with Gasteiger partial charge in [0.25, 0.3) is 0 Å². The molecule has 12 heavy (non-hydrogen) atoms. The second-order valence-corrected chi connectivity index (χ2v) is 4.01. The van der Waals surface area contributed by atoms with Gasteiger partial charge in [-0.15, -0.1) is 0 Å². The first kappa shape index (κ1) is 8.48.